The molecule has 0 saturated carbocycles. The molecule has 0 amide bonds. The predicted molar refractivity (Wildman–Crippen MR) is 69.8 cm³/mol. The van der Waals surface area contributed by atoms with E-state index in [2.05, 4.69) is 15.9 Å². The maximum atomic E-state index is 11.0. The standard InChI is InChI=1S/C13H17BrO3/c1-9(2)7-12(13(15)16)17-8-10-3-5-11(14)6-4-10/h3-6,9,12H,7-8H2,1-2H3,(H,15,16). The molecule has 3 nitrogen and oxygen atoms in total. The Morgan fingerprint density at radius 2 is 1.94 bits per heavy atom. The molecule has 4 heteroatoms. The number of carboxylic acids is 1. The van der Waals surface area contributed by atoms with Gasteiger partial charge in [0.1, 0.15) is 0 Å². The number of halogens is 1. The van der Waals surface area contributed by atoms with Gasteiger partial charge in [0.25, 0.3) is 0 Å². The molecule has 94 valence electrons. The van der Waals surface area contributed by atoms with E-state index in [1.54, 1.807) is 0 Å². The van der Waals surface area contributed by atoms with Gasteiger partial charge in [-0.1, -0.05) is 41.9 Å². The molecule has 0 heterocycles. The van der Waals surface area contributed by atoms with Crippen molar-refractivity contribution in [2.45, 2.75) is 33.0 Å². The van der Waals surface area contributed by atoms with Crippen LogP contribution in [0.25, 0.3) is 0 Å². The van der Waals surface area contributed by atoms with Gasteiger partial charge in [-0.05, 0) is 30.0 Å². The Kier molecular flexibility index (Phi) is 5.65. The van der Waals surface area contributed by atoms with Crippen LogP contribution in [0.3, 0.4) is 0 Å². The van der Waals surface area contributed by atoms with Crippen molar-refractivity contribution in [2.24, 2.45) is 5.92 Å². The van der Waals surface area contributed by atoms with Crippen molar-refractivity contribution >= 4 is 21.9 Å². The number of carboxylic acid groups (broad SMARTS) is 1. The van der Waals surface area contributed by atoms with Gasteiger partial charge in [0, 0.05) is 4.47 Å². The van der Waals surface area contributed by atoms with Crippen LogP contribution in [0.4, 0.5) is 0 Å². The molecule has 0 spiro atoms. The zero-order chi connectivity index (χ0) is 12.8. The second-order valence-electron chi connectivity index (χ2n) is 4.39. The maximum Gasteiger partial charge on any atom is 0.332 e. The monoisotopic (exact) mass is 300 g/mol. The normalized spacial score (nSPS) is 12.7. The van der Waals surface area contributed by atoms with Crippen LogP contribution in [0.1, 0.15) is 25.8 Å². The zero-order valence-electron chi connectivity index (χ0n) is 10.0. The third-order valence-corrected chi connectivity index (χ3v) is 2.85. The SMILES string of the molecule is CC(C)CC(OCc1ccc(Br)cc1)C(=O)O. The number of carbonyl (C=O) groups is 1. The van der Waals surface area contributed by atoms with Gasteiger partial charge < -0.3 is 9.84 Å². The lowest BCUT2D eigenvalue weighted by Gasteiger charge is -2.15. The topological polar surface area (TPSA) is 46.5 Å². The summed E-state index contributed by atoms with van der Waals surface area (Å²) in [5.41, 5.74) is 0.975. The molecular formula is C13H17BrO3. The van der Waals surface area contributed by atoms with Crippen molar-refractivity contribution < 1.29 is 14.6 Å². The Balaban J connectivity index is 2.51. The summed E-state index contributed by atoms with van der Waals surface area (Å²) in [6.07, 6.45) is -0.190. The highest BCUT2D eigenvalue weighted by molar-refractivity contribution is 9.10. The summed E-state index contributed by atoms with van der Waals surface area (Å²) >= 11 is 3.35. The van der Waals surface area contributed by atoms with Gasteiger partial charge in [-0.15, -0.1) is 0 Å². The lowest BCUT2D eigenvalue weighted by atomic mass is 10.1. The van der Waals surface area contributed by atoms with Crippen molar-refractivity contribution in [1.82, 2.24) is 0 Å². The van der Waals surface area contributed by atoms with Crippen LogP contribution in [0.15, 0.2) is 28.7 Å². The van der Waals surface area contributed by atoms with E-state index in [4.69, 9.17) is 9.84 Å². The van der Waals surface area contributed by atoms with E-state index in [-0.39, 0.29) is 0 Å². The minimum atomic E-state index is -0.893. The largest absolute Gasteiger partial charge is 0.479 e. The van der Waals surface area contributed by atoms with Gasteiger partial charge in [-0.2, -0.15) is 0 Å². The number of hydrogen-bond donors (Lipinski definition) is 1. The van der Waals surface area contributed by atoms with Crippen LogP contribution in [-0.4, -0.2) is 17.2 Å². The summed E-state index contributed by atoms with van der Waals surface area (Å²) in [4.78, 5) is 11.0. The van der Waals surface area contributed by atoms with Gasteiger partial charge >= 0.3 is 5.97 Å². The molecule has 0 aliphatic rings. The number of ether oxygens (including phenoxy) is 1. The zero-order valence-corrected chi connectivity index (χ0v) is 11.6. The second kappa shape index (κ2) is 6.77. The Morgan fingerprint density at radius 1 is 1.35 bits per heavy atom. The minimum absolute atomic E-state index is 0.306. The summed E-state index contributed by atoms with van der Waals surface area (Å²) < 4.78 is 6.42. The third-order valence-electron chi connectivity index (χ3n) is 2.33. The van der Waals surface area contributed by atoms with Gasteiger partial charge in [0.2, 0.25) is 0 Å². The van der Waals surface area contributed by atoms with E-state index >= 15 is 0 Å². The molecule has 0 aromatic heterocycles. The van der Waals surface area contributed by atoms with Crippen molar-refractivity contribution in [2.75, 3.05) is 0 Å². The molecule has 1 aromatic rings. The Labute approximate surface area is 110 Å². The van der Waals surface area contributed by atoms with E-state index in [0.29, 0.717) is 18.9 Å². The second-order valence-corrected chi connectivity index (χ2v) is 5.31. The molecule has 0 radical (unpaired) electrons. The fourth-order valence-corrected chi connectivity index (χ4v) is 1.71. The molecule has 17 heavy (non-hydrogen) atoms. The molecule has 1 rings (SSSR count). The van der Waals surface area contributed by atoms with E-state index < -0.39 is 12.1 Å². The molecule has 0 saturated heterocycles. The summed E-state index contributed by atoms with van der Waals surface area (Å²) in [7, 11) is 0. The maximum absolute atomic E-state index is 11.0. The molecule has 1 atom stereocenters. The lowest BCUT2D eigenvalue weighted by molar-refractivity contribution is -0.152. The van der Waals surface area contributed by atoms with E-state index in [9.17, 15) is 4.79 Å². The summed E-state index contributed by atoms with van der Waals surface area (Å²) in [6.45, 7) is 4.30. The Morgan fingerprint density at radius 3 is 2.41 bits per heavy atom. The fourth-order valence-electron chi connectivity index (χ4n) is 1.45. The Bertz CT molecular complexity index is 359. The average molecular weight is 301 g/mol. The Hall–Kier alpha value is -0.870. The highest BCUT2D eigenvalue weighted by Gasteiger charge is 2.19. The van der Waals surface area contributed by atoms with Gasteiger partial charge in [0.05, 0.1) is 6.61 Å². The van der Waals surface area contributed by atoms with Crippen molar-refractivity contribution in [3.63, 3.8) is 0 Å². The summed E-state index contributed by atoms with van der Waals surface area (Å²) in [5, 5.41) is 9.01. The molecule has 1 aromatic carbocycles. The molecule has 0 fully saturated rings. The number of aliphatic carboxylic acids is 1. The quantitative estimate of drug-likeness (QED) is 0.875. The van der Waals surface area contributed by atoms with Crippen LogP contribution >= 0.6 is 15.9 Å². The summed E-state index contributed by atoms with van der Waals surface area (Å²) in [5.74, 6) is -0.586. The van der Waals surface area contributed by atoms with Gasteiger partial charge in [-0.3, -0.25) is 0 Å². The smallest absolute Gasteiger partial charge is 0.332 e. The third kappa shape index (κ3) is 5.33. The van der Waals surface area contributed by atoms with Crippen LogP contribution < -0.4 is 0 Å². The van der Waals surface area contributed by atoms with Crippen LogP contribution in [-0.2, 0) is 16.1 Å². The molecular weight excluding hydrogens is 284 g/mol. The fraction of sp³-hybridized carbons (Fsp3) is 0.462. The van der Waals surface area contributed by atoms with Crippen molar-refractivity contribution in [3.05, 3.63) is 34.3 Å². The molecule has 0 bridgehead atoms. The first-order valence-electron chi connectivity index (χ1n) is 5.58. The van der Waals surface area contributed by atoms with Crippen LogP contribution in [0.5, 0.6) is 0 Å². The highest BCUT2D eigenvalue weighted by atomic mass is 79.9. The molecule has 1 N–H and O–H groups in total. The van der Waals surface area contributed by atoms with E-state index in [1.807, 2.05) is 38.1 Å². The first-order chi connectivity index (χ1) is 7.99. The van der Waals surface area contributed by atoms with Crippen molar-refractivity contribution in [3.8, 4) is 0 Å². The van der Waals surface area contributed by atoms with E-state index in [0.717, 1.165) is 10.0 Å². The first kappa shape index (κ1) is 14.2. The predicted octanol–water partition coefficient (Wildman–Crippen LogP) is 3.47. The highest BCUT2D eigenvalue weighted by Crippen LogP contribution is 2.14. The molecule has 0 aliphatic carbocycles. The molecule has 1 unspecified atom stereocenters. The summed E-state index contributed by atoms with van der Waals surface area (Å²) in [6, 6.07) is 7.66. The average Bonchev–Trinajstić information content (AvgIpc) is 2.25. The van der Waals surface area contributed by atoms with Crippen LogP contribution in [0.2, 0.25) is 0 Å². The first-order valence-corrected chi connectivity index (χ1v) is 6.37. The number of hydrogen-bond acceptors (Lipinski definition) is 2. The minimum Gasteiger partial charge on any atom is -0.479 e. The number of benzene rings is 1. The van der Waals surface area contributed by atoms with E-state index in [1.165, 1.54) is 0 Å². The van der Waals surface area contributed by atoms with Crippen molar-refractivity contribution in [1.29, 1.82) is 0 Å². The van der Waals surface area contributed by atoms with Gasteiger partial charge in [0.15, 0.2) is 6.10 Å². The molecule has 0 aliphatic heterocycles. The van der Waals surface area contributed by atoms with Crippen LogP contribution in [0, 0.1) is 5.92 Å². The van der Waals surface area contributed by atoms with Gasteiger partial charge in [-0.25, -0.2) is 4.79 Å². The lowest BCUT2D eigenvalue weighted by Crippen LogP contribution is -2.25. The number of rotatable bonds is 6.